The Morgan fingerprint density at radius 2 is 2.04 bits per heavy atom. The molecule has 0 spiro atoms. The third-order valence-corrected chi connectivity index (χ3v) is 5.56. The first-order valence-corrected chi connectivity index (χ1v) is 10.3. The highest BCUT2D eigenvalue weighted by molar-refractivity contribution is 7.18. The molecule has 0 atom stereocenters. The average molecular weight is 386 g/mol. The maximum Gasteiger partial charge on any atom is 0.191 e. The first-order valence-electron chi connectivity index (χ1n) is 9.50. The van der Waals surface area contributed by atoms with Crippen molar-refractivity contribution in [3.63, 3.8) is 0 Å². The van der Waals surface area contributed by atoms with Crippen LogP contribution in [0.3, 0.4) is 0 Å². The van der Waals surface area contributed by atoms with Crippen molar-refractivity contribution in [2.45, 2.75) is 46.1 Å². The summed E-state index contributed by atoms with van der Waals surface area (Å²) in [4.78, 5) is 8.99. The average Bonchev–Trinajstić information content (AvgIpc) is 3.30. The van der Waals surface area contributed by atoms with E-state index in [0.29, 0.717) is 6.54 Å². The van der Waals surface area contributed by atoms with E-state index < -0.39 is 0 Å². The molecule has 6 nitrogen and oxygen atoms in total. The number of guanidine groups is 1. The Hall–Kier alpha value is -2.41. The van der Waals surface area contributed by atoms with Crippen molar-refractivity contribution in [2.75, 3.05) is 13.6 Å². The summed E-state index contributed by atoms with van der Waals surface area (Å²) in [5.41, 5.74) is 3.26. The molecule has 0 aliphatic carbocycles. The number of rotatable bonds is 8. The summed E-state index contributed by atoms with van der Waals surface area (Å²) < 4.78 is 6.67. The number of thiazole rings is 1. The maximum absolute atomic E-state index is 5.42. The fourth-order valence-corrected chi connectivity index (χ4v) is 4.01. The van der Waals surface area contributed by atoms with E-state index in [9.17, 15) is 0 Å². The summed E-state index contributed by atoms with van der Waals surface area (Å²) in [6, 6.07) is 8.29. The largest absolute Gasteiger partial charge is 0.361 e. The van der Waals surface area contributed by atoms with Gasteiger partial charge in [0.25, 0.3) is 0 Å². The first kappa shape index (κ1) is 19.4. The van der Waals surface area contributed by atoms with E-state index in [1.807, 2.05) is 6.07 Å². The van der Waals surface area contributed by atoms with Crippen LogP contribution in [0.15, 0.2) is 33.8 Å². The molecule has 2 aromatic heterocycles. The molecule has 144 valence electrons. The smallest absolute Gasteiger partial charge is 0.191 e. The Bertz CT molecular complexity index is 844. The zero-order valence-electron chi connectivity index (χ0n) is 16.2. The van der Waals surface area contributed by atoms with Crippen LogP contribution < -0.4 is 10.6 Å². The molecular weight excluding hydrogens is 358 g/mol. The predicted molar refractivity (Wildman–Crippen MR) is 111 cm³/mol. The SMILES string of the molecule is CCc1noc(CC)c1CNC(=NC)NCCCc1nc2ccccc2s1. The Morgan fingerprint density at radius 1 is 1.19 bits per heavy atom. The Kier molecular flexibility index (Phi) is 6.81. The van der Waals surface area contributed by atoms with Gasteiger partial charge in [-0.1, -0.05) is 31.1 Å². The molecule has 3 aromatic rings. The Balaban J connectivity index is 1.46. The number of para-hydroxylation sites is 1. The molecule has 0 amide bonds. The molecule has 0 fully saturated rings. The number of hydrogen-bond donors (Lipinski definition) is 2. The number of aromatic nitrogens is 2. The van der Waals surface area contributed by atoms with Crippen LogP contribution in [-0.2, 0) is 25.8 Å². The van der Waals surface area contributed by atoms with Gasteiger partial charge in [-0.05, 0) is 25.0 Å². The molecule has 0 aliphatic heterocycles. The topological polar surface area (TPSA) is 75.3 Å². The van der Waals surface area contributed by atoms with E-state index in [4.69, 9.17) is 4.52 Å². The second-order valence-electron chi connectivity index (χ2n) is 6.27. The third-order valence-electron chi connectivity index (χ3n) is 4.46. The van der Waals surface area contributed by atoms with Crippen molar-refractivity contribution in [2.24, 2.45) is 4.99 Å². The van der Waals surface area contributed by atoms with Gasteiger partial charge in [0.1, 0.15) is 5.76 Å². The van der Waals surface area contributed by atoms with Crippen molar-refractivity contribution >= 4 is 27.5 Å². The lowest BCUT2D eigenvalue weighted by molar-refractivity contribution is 0.380. The van der Waals surface area contributed by atoms with Crippen LogP contribution >= 0.6 is 11.3 Å². The molecule has 2 N–H and O–H groups in total. The fraction of sp³-hybridized carbons (Fsp3) is 0.450. The van der Waals surface area contributed by atoms with Gasteiger partial charge in [-0.15, -0.1) is 11.3 Å². The molecule has 0 aliphatic rings. The normalized spacial score (nSPS) is 11.9. The van der Waals surface area contributed by atoms with Crippen LogP contribution in [0, 0.1) is 0 Å². The van der Waals surface area contributed by atoms with Gasteiger partial charge in [-0.25, -0.2) is 4.98 Å². The van der Waals surface area contributed by atoms with Crippen molar-refractivity contribution in [1.82, 2.24) is 20.8 Å². The van der Waals surface area contributed by atoms with E-state index in [1.54, 1.807) is 18.4 Å². The molecule has 0 bridgehead atoms. The summed E-state index contributed by atoms with van der Waals surface area (Å²) in [6.45, 7) is 5.70. The van der Waals surface area contributed by atoms with Crippen LogP contribution in [0.25, 0.3) is 10.2 Å². The number of fused-ring (bicyclic) bond motifs is 1. The summed E-state index contributed by atoms with van der Waals surface area (Å²) >= 11 is 1.78. The highest BCUT2D eigenvalue weighted by atomic mass is 32.1. The first-order chi connectivity index (χ1) is 13.2. The molecule has 7 heteroatoms. The van der Waals surface area contributed by atoms with Crippen molar-refractivity contribution < 1.29 is 4.52 Å². The highest BCUT2D eigenvalue weighted by Gasteiger charge is 2.13. The van der Waals surface area contributed by atoms with E-state index in [0.717, 1.165) is 60.7 Å². The van der Waals surface area contributed by atoms with Crippen molar-refractivity contribution in [3.05, 3.63) is 46.3 Å². The van der Waals surface area contributed by atoms with E-state index in [2.05, 4.69) is 57.8 Å². The van der Waals surface area contributed by atoms with E-state index >= 15 is 0 Å². The summed E-state index contributed by atoms with van der Waals surface area (Å²) in [7, 11) is 1.79. The lowest BCUT2D eigenvalue weighted by Crippen LogP contribution is -2.37. The Morgan fingerprint density at radius 3 is 2.78 bits per heavy atom. The summed E-state index contributed by atoms with van der Waals surface area (Å²) in [6.07, 6.45) is 3.69. The van der Waals surface area contributed by atoms with Crippen LogP contribution in [-0.4, -0.2) is 29.7 Å². The second-order valence-corrected chi connectivity index (χ2v) is 7.38. The number of aryl methyl sites for hydroxylation is 3. The number of aliphatic imine (C=N–C) groups is 1. The van der Waals surface area contributed by atoms with Crippen molar-refractivity contribution in [1.29, 1.82) is 0 Å². The van der Waals surface area contributed by atoms with Gasteiger partial charge in [-0.3, -0.25) is 4.99 Å². The fourth-order valence-electron chi connectivity index (χ4n) is 3.00. The molecule has 1 aromatic carbocycles. The zero-order chi connectivity index (χ0) is 19.1. The summed E-state index contributed by atoms with van der Waals surface area (Å²) in [5.74, 6) is 1.75. The van der Waals surface area contributed by atoms with Gasteiger partial charge in [-0.2, -0.15) is 0 Å². The minimum atomic E-state index is 0.674. The van der Waals surface area contributed by atoms with Gasteiger partial charge < -0.3 is 15.2 Å². The van der Waals surface area contributed by atoms with Gasteiger partial charge >= 0.3 is 0 Å². The number of benzene rings is 1. The zero-order valence-corrected chi connectivity index (χ0v) is 17.0. The van der Waals surface area contributed by atoms with Crippen LogP contribution in [0.4, 0.5) is 0 Å². The monoisotopic (exact) mass is 385 g/mol. The third kappa shape index (κ3) is 4.86. The highest BCUT2D eigenvalue weighted by Crippen LogP contribution is 2.22. The molecule has 3 rings (SSSR count). The quantitative estimate of drug-likeness (QED) is 0.351. The van der Waals surface area contributed by atoms with Gasteiger partial charge in [0, 0.05) is 38.5 Å². The lowest BCUT2D eigenvalue weighted by Gasteiger charge is -2.11. The number of nitrogens with zero attached hydrogens (tertiary/aromatic N) is 3. The lowest BCUT2D eigenvalue weighted by atomic mass is 10.1. The summed E-state index contributed by atoms with van der Waals surface area (Å²) in [5, 5.41) is 12.1. The second kappa shape index (κ2) is 9.50. The predicted octanol–water partition coefficient (Wildman–Crippen LogP) is 3.71. The molecule has 0 radical (unpaired) electrons. The van der Waals surface area contributed by atoms with Crippen molar-refractivity contribution in [3.8, 4) is 0 Å². The minimum absolute atomic E-state index is 0.674. The van der Waals surface area contributed by atoms with Crippen LogP contribution in [0.1, 0.15) is 42.3 Å². The van der Waals surface area contributed by atoms with Crippen LogP contribution in [0.2, 0.25) is 0 Å². The molecule has 27 heavy (non-hydrogen) atoms. The number of hydrogen-bond acceptors (Lipinski definition) is 5. The van der Waals surface area contributed by atoms with Crippen LogP contribution in [0.5, 0.6) is 0 Å². The minimum Gasteiger partial charge on any atom is -0.361 e. The molecular formula is C20H27N5OS. The molecule has 0 saturated heterocycles. The van der Waals surface area contributed by atoms with Gasteiger partial charge in [0.15, 0.2) is 5.96 Å². The Labute approximate surface area is 164 Å². The maximum atomic E-state index is 5.42. The van der Waals surface area contributed by atoms with Gasteiger partial charge in [0.05, 0.1) is 20.9 Å². The standard InChI is InChI=1S/C20H27N5OS/c1-4-15-14(17(5-2)26-25-15)13-23-20(21-3)22-12-8-11-19-24-16-9-6-7-10-18(16)27-19/h6-7,9-10H,4-5,8,11-13H2,1-3H3,(H2,21,22,23). The van der Waals surface area contributed by atoms with Gasteiger partial charge in [0.2, 0.25) is 0 Å². The van der Waals surface area contributed by atoms with E-state index in [-0.39, 0.29) is 0 Å². The molecule has 0 unspecified atom stereocenters. The molecule has 2 heterocycles. The van der Waals surface area contributed by atoms with E-state index in [1.165, 1.54) is 9.71 Å². The number of nitrogens with one attached hydrogen (secondary N) is 2. The molecule has 0 saturated carbocycles.